The molecule has 1 unspecified atom stereocenters. The summed E-state index contributed by atoms with van der Waals surface area (Å²) in [5.41, 5.74) is 3.96. The normalized spacial score (nSPS) is 17.1. The first-order valence-corrected chi connectivity index (χ1v) is 9.90. The topological polar surface area (TPSA) is 133 Å². The monoisotopic (exact) mass is 435 g/mol. The maximum Gasteiger partial charge on any atom is 0.419 e. The van der Waals surface area contributed by atoms with Crippen molar-refractivity contribution in [2.24, 2.45) is 0 Å². The van der Waals surface area contributed by atoms with Gasteiger partial charge in [-0.3, -0.25) is 4.79 Å². The number of hydrogen-bond donors (Lipinski definition) is 5. The lowest BCUT2D eigenvalue weighted by atomic mass is 10.0. The van der Waals surface area contributed by atoms with Crippen molar-refractivity contribution >= 4 is 29.3 Å². The van der Waals surface area contributed by atoms with Crippen LogP contribution in [0.4, 0.5) is 24.8 Å². The summed E-state index contributed by atoms with van der Waals surface area (Å²) in [5, 5.41) is 14.1. The van der Waals surface area contributed by atoms with Crippen LogP contribution in [0, 0.1) is 5.41 Å². The van der Waals surface area contributed by atoms with Crippen molar-refractivity contribution in [3.63, 3.8) is 0 Å². The van der Waals surface area contributed by atoms with E-state index < -0.39 is 17.6 Å². The van der Waals surface area contributed by atoms with Crippen molar-refractivity contribution in [2.45, 2.75) is 44.3 Å². The second-order valence-corrected chi connectivity index (χ2v) is 7.32. The van der Waals surface area contributed by atoms with Crippen LogP contribution in [0.25, 0.3) is 6.08 Å². The number of aromatic nitrogens is 3. The fourth-order valence-corrected chi connectivity index (χ4v) is 3.28. The van der Waals surface area contributed by atoms with Gasteiger partial charge in [-0.05, 0) is 44.0 Å². The lowest BCUT2D eigenvalue weighted by Crippen LogP contribution is -2.34. The largest absolute Gasteiger partial charge is 0.419 e. The Morgan fingerprint density at radius 2 is 2.13 bits per heavy atom. The summed E-state index contributed by atoms with van der Waals surface area (Å²) < 4.78 is 38.8. The van der Waals surface area contributed by atoms with Crippen LogP contribution >= 0.6 is 0 Å². The van der Waals surface area contributed by atoms with Gasteiger partial charge in [-0.25, -0.2) is 9.97 Å². The van der Waals surface area contributed by atoms with E-state index in [9.17, 15) is 18.0 Å². The van der Waals surface area contributed by atoms with E-state index in [1.165, 1.54) is 31.2 Å². The van der Waals surface area contributed by atoms with Gasteiger partial charge in [-0.15, -0.1) is 0 Å². The van der Waals surface area contributed by atoms with Gasteiger partial charge in [0.1, 0.15) is 17.5 Å². The molecule has 0 radical (unpaired) electrons. The minimum atomic E-state index is -4.65. The molecule has 0 saturated carbocycles. The highest BCUT2D eigenvalue weighted by molar-refractivity contribution is 6.08. The molecular weight excluding hydrogens is 411 g/mol. The highest BCUT2D eigenvalue weighted by atomic mass is 19.4. The van der Waals surface area contributed by atoms with Crippen LogP contribution in [0.3, 0.4) is 0 Å². The molecular formula is C20H24F3N7O. The summed E-state index contributed by atoms with van der Waals surface area (Å²) in [5.74, 6) is -0.0274. The Balaban J connectivity index is 1.55. The number of allylic oxidation sites excluding steroid dienone is 1. The summed E-state index contributed by atoms with van der Waals surface area (Å²) in [7, 11) is 0. The second-order valence-electron chi connectivity index (χ2n) is 7.32. The predicted molar refractivity (Wildman–Crippen MR) is 112 cm³/mol. The summed E-state index contributed by atoms with van der Waals surface area (Å²) in [4.78, 5) is 22.6. The minimum absolute atomic E-state index is 0.0332. The fourth-order valence-electron chi connectivity index (χ4n) is 3.28. The van der Waals surface area contributed by atoms with E-state index in [0.29, 0.717) is 24.1 Å². The van der Waals surface area contributed by atoms with Crippen molar-refractivity contribution in [1.82, 2.24) is 20.3 Å². The number of H-pyrrole nitrogens is 1. The number of hydrogen-bond acceptors (Lipinski definition) is 6. The maximum atomic E-state index is 12.9. The van der Waals surface area contributed by atoms with Crippen molar-refractivity contribution < 1.29 is 18.0 Å². The fraction of sp³-hybridized carbons (Fsp3) is 0.400. The number of nitrogens with one attached hydrogen (secondary N) is 4. The quantitative estimate of drug-likeness (QED) is 0.426. The number of nitrogens with zero attached hydrogens (tertiary/aromatic N) is 2. The number of anilines is 2. The second kappa shape index (κ2) is 9.73. The van der Waals surface area contributed by atoms with Crippen molar-refractivity contribution in [1.29, 1.82) is 5.41 Å². The van der Waals surface area contributed by atoms with Gasteiger partial charge in [-0.2, -0.15) is 13.2 Å². The standard InChI is InChI=1S/C20H24F3N7O/c21-20(22,23)14-9-12(10-28-19(14)25)15(24)5-6-16-27-11-17(29-16)30-18(31)7-4-13-3-1-2-8-26-13/h5-6,9-11,13,24,26H,1-4,7-8H2,(H2,25,28)(H,27,29)(H,30,31)/b6-5-,24-15?. The van der Waals surface area contributed by atoms with Crippen LogP contribution in [0.15, 0.2) is 24.5 Å². The molecule has 3 heterocycles. The number of pyridine rings is 1. The lowest BCUT2D eigenvalue weighted by molar-refractivity contribution is -0.137. The van der Waals surface area contributed by atoms with Gasteiger partial charge in [0.25, 0.3) is 0 Å². The summed E-state index contributed by atoms with van der Waals surface area (Å²) in [6, 6.07) is 1.15. The van der Waals surface area contributed by atoms with Crippen LogP contribution in [-0.4, -0.2) is 39.2 Å². The molecule has 1 saturated heterocycles. The van der Waals surface area contributed by atoms with E-state index in [1.54, 1.807) is 0 Å². The molecule has 1 aliphatic heterocycles. The Kier molecular flexibility index (Phi) is 7.06. The number of aromatic amines is 1. The van der Waals surface area contributed by atoms with Crippen LogP contribution in [0.1, 0.15) is 49.1 Å². The third-order valence-electron chi connectivity index (χ3n) is 4.94. The minimum Gasteiger partial charge on any atom is -0.383 e. The molecule has 0 bridgehead atoms. The highest BCUT2D eigenvalue weighted by Crippen LogP contribution is 2.33. The Bertz CT molecular complexity index is 962. The summed E-state index contributed by atoms with van der Waals surface area (Å²) in [6.07, 6.45) is 5.17. The summed E-state index contributed by atoms with van der Waals surface area (Å²) >= 11 is 0. The highest BCUT2D eigenvalue weighted by Gasteiger charge is 2.34. The Morgan fingerprint density at radius 3 is 2.84 bits per heavy atom. The molecule has 166 valence electrons. The summed E-state index contributed by atoms with van der Waals surface area (Å²) in [6.45, 7) is 0.988. The zero-order chi connectivity index (χ0) is 22.4. The molecule has 2 aromatic rings. The molecule has 6 N–H and O–H groups in total. The molecule has 31 heavy (non-hydrogen) atoms. The zero-order valence-corrected chi connectivity index (χ0v) is 16.7. The van der Waals surface area contributed by atoms with Gasteiger partial charge in [0.05, 0.1) is 17.5 Å². The van der Waals surface area contributed by atoms with E-state index in [4.69, 9.17) is 11.1 Å². The van der Waals surface area contributed by atoms with Crippen LogP contribution in [0.2, 0.25) is 0 Å². The van der Waals surface area contributed by atoms with E-state index in [2.05, 4.69) is 25.6 Å². The molecule has 1 fully saturated rings. The molecule has 0 spiro atoms. The van der Waals surface area contributed by atoms with Gasteiger partial charge >= 0.3 is 6.18 Å². The molecule has 11 heteroatoms. The van der Waals surface area contributed by atoms with Crippen LogP contribution in [0.5, 0.6) is 0 Å². The average molecular weight is 435 g/mol. The first kappa shape index (κ1) is 22.5. The maximum absolute atomic E-state index is 12.9. The number of alkyl halides is 3. The number of carbonyl (C=O) groups is 1. The third-order valence-corrected chi connectivity index (χ3v) is 4.94. The molecule has 8 nitrogen and oxygen atoms in total. The lowest BCUT2D eigenvalue weighted by Gasteiger charge is -2.22. The number of nitrogens with two attached hydrogens (primary N) is 1. The van der Waals surface area contributed by atoms with Gasteiger partial charge in [-0.1, -0.05) is 6.42 Å². The van der Waals surface area contributed by atoms with Gasteiger partial charge in [0, 0.05) is 24.2 Å². The molecule has 3 rings (SSSR count). The van der Waals surface area contributed by atoms with Gasteiger partial charge < -0.3 is 26.8 Å². The van der Waals surface area contributed by atoms with E-state index in [1.807, 2.05) is 0 Å². The first-order chi connectivity index (χ1) is 14.7. The molecule has 1 atom stereocenters. The Hall–Kier alpha value is -3.21. The smallest absolute Gasteiger partial charge is 0.383 e. The zero-order valence-electron chi connectivity index (χ0n) is 16.7. The number of nitrogen functional groups attached to an aromatic ring is 1. The van der Waals surface area contributed by atoms with E-state index >= 15 is 0 Å². The molecule has 2 aromatic heterocycles. The van der Waals surface area contributed by atoms with Crippen molar-refractivity contribution in [3.8, 4) is 0 Å². The third kappa shape index (κ3) is 6.38. The number of carbonyl (C=O) groups excluding carboxylic acids is 1. The van der Waals surface area contributed by atoms with E-state index in [0.717, 1.165) is 31.6 Å². The van der Waals surface area contributed by atoms with E-state index in [-0.39, 0.29) is 17.2 Å². The van der Waals surface area contributed by atoms with Crippen molar-refractivity contribution in [3.05, 3.63) is 41.5 Å². The number of amides is 1. The average Bonchev–Trinajstić information content (AvgIpc) is 3.18. The molecule has 1 aliphatic rings. The number of halogens is 3. The van der Waals surface area contributed by atoms with Crippen molar-refractivity contribution in [2.75, 3.05) is 17.6 Å². The molecule has 0 aromatic carbocycles. The predicted octanol–water partition coefficient (Wildman–Crippen LogP) is 3.35. The number of rotatable bonds is 7. The Labute approximate surface area is 177 Å². The molecule has 0 aliphatic carbocycles. The van der Waals surface area contributed by atoms with Gasteiger partial charge in [0.15, 0.2) is 0 Å². The van der Waals surface area contributed by atoms with Crippen LogP contribution in [-0.2, 0) is 11.0 Å². The SMILES string of the molecule is N=C(/C=C\c1ncc(NC(=O)CCC2CCCCN2)[nH]1)c1cnc(N)c(C(F)(F)F)c1. The number of imidazole rings is 1. The number of piperidine rings is 1. The van der Waals surface area contributed by atoms with Gasteiger partial charge in [0.2, 0.25) is 5.91 Å². The molecule has 1 amide bonds. The first-order valence-electron chi connectivity index (χ1n) is 9.90. The Morgan fingerprint density at radius 1 is 1.32 bits per heavy atom. The van der Waals surface area contributed by atoms with Crippen LogP contribution < -0.4 is 16.4 Å².